The number of nitrogens with zero attached hydrogens (tertiary/aromatic N) is 2. The number of pyridine rings is 1. The van der Waals surface area contributed by atoms with Gasteiger partial charge in [0.1, 0.15) is 5.69 Å². The molecule has 62 valence electrons. The summed E-state index contributed by atoms with van der Waals surface area (Å²) in [6.45, 7) is 0. The number of carbonyl (C=O) groups excluding carboxylic acids is 1. The number of aliphatic imine (C=N–C) groups is 1. The van der Waals surface area contributed by atoms with E-state index in [0.29, 0.717) is 15.9 Å². The first-order chi connectivity index (χ1) is 5.79. The minimum absolute atomic E-state index is 0.405. The Morgan fingerprint density at radius 3 is 3.00 bits per heavy atom. The fourth-order valence-electron chi connectivity index (χ4n) is 0.714. The maximum Gasteiger partial charge on any atom is 0.240 e. The average Bonchev–Trinajstić information content (AvgIpc) is 2.09. The third-order valence-electron chi connectivity index (χ3n) is 1.22. The molecule has 4 nitrogen and oxygen atoms in total. The van der Waals surface area contributed by atoms with Crippen LogP contribution in [-0.2, 0) is 4.79 Å². The molecular formula is C7H5BrN2O2. The van der Waals surface area contributed by atoms with Gasteiger partial charge in [-0.2, -0.15) is 4.99 Å². The zero-order valence-corrected chi connectivity index (χ0v) is 7.83. The van der Waals surface area contributed by atoms with Gasteiger partial charge in [0.05, 0.1) is 17.8 Å². The molecule has 0 spiro atoms. The second-order valence-electron chi connectivity index (χ2n) is 1.88. The predicted octanol–water partition coefficient (Wildman–Crippen LogP) is 1.82. The number of methoxy groups -OCH3 is 1. The number of ether oxygens (including phenoxy) is 1. The quantitative estimate of drug-likeness (QED) is 0.574. The Bertz CT molecular complexity index is 334. The highest BCUT2D eigenvalue weighted by molar-refractivity contribution is 9.10. The van der Waals surface area contributed by atoms with Gasteiger partial charge in [-0.25, -0.2) is 4.79 Å². The summed E-state index contributed by atoms with van der Waals surface area (Å²) in [5, 5.41) is 0. The molecule has 0 aliphatic heterocycles. The van der Waals surface area contributed by atoms with E-state index >= 15 is 0 Å². The Morgan fingerprint density at radius 1 is 1.67 bits per heavy atom. The standard InChI is InChI=1S/C7H5BrN2O2/c1-12-6-3-9-2-5(8)7(6)10-4-11/h2-3H,1H3. The van der Waals surface area contributed by atoms with Crippen LogP contribution in [0.15, 0.2) is 21.9 Å². The molecule has 0 aliphatic rings. The topological polar surface area (TPSA) is 51.6 Å². The van der Waals surface area contributed by atoms with E-state index in [0.717, 1.165) is 0 Å². The minimum Gasteiger partial charge on any atom is -0.493 e. The largest absolute Gasteiger partial charge is 0.493 e. The van der Waals surface area contributed by atoms with Crippen molar-refractivity contribution >= 4 is 27.7 Å². The minimum atomic E-state index is 0.405. The lowest BCUT2D eigenvalue weighted by Crippen LogP contribution is -1.85. The van der Waals surface area contributed by atoms with Crippen LogP contribution in [0.25, 0.3) is 0 Å². The zero-order chi connectivity index (χ0) is 8.97. The van der Waals surface area contributed by atoms with Crippen molar-refractivity contribution in [1.29, 1.82) is 0 Å². The first-order valence-corrected chi connectivity index (χ1v) is 3.84. The van der Waals surface area contributed by atoms with Crippen molar-refractivity contribution in [3.05, 3.63) is 16.9 Å². The van der Waals surface area contributed by atoms with Gasteiger partial charge in [-0.05, 0) is 15.9 Å². The number of rotatable bonds is 2. The molecule has 0 saturated heterocycles. The van der Waals surface area contributed by atoms with Crippen LogP contribution < -0.4 is 4.74 Å². The third-order valence-corrected chi connectivity index (χ3v) is 1.80. The molecule has 0 radical (unpaired) electrons. The van der Waals surface area contributed by atoms with Crippen LogP contribution >= 0.6 is 15.9 Å². The molecule has 5 heteroatoms. The Kier molecular flexibility index (Phi) is 2.96. The summed E-state index contributed by atoms with van der Waals surface area (Å²) < 4.78 is 5.52. The second-order valence-corrected chi connectivity index (χ2v) is 2.73. The number of isocyanates is 1. The summed E-state index contributed by atoms with van der Waals surface area (Å²) in [4.78, 5) is 17.3. The lowest BCUT2D eigenvalue weighted by molar-refractivity contribution is 0.414. The number of hydrogen-bond donors (Lipinski definition) is 0. The Morgan fingerprint density at radius 2 is 2.42 bits per heavy atom. The van der Waals surface area contributed by atoms with Crippen LogP contribution in [0.5, 0.6) is 5.75 Å². The van der Waals surface area contributed by atoms with Crippen molar-refractivity contribution in [2.45, 2.75) is 0 Å². The highest BCUT2D eigenvalue weighted by atomic mass is 79.9. The zero-order valence-electron chi connectivity index (χ0n) is 6.24. The van der Waals surface area contributed by atoms with E-state index in [1.54, 1.807) is 0 Å². The lowest BCUT2D eigenvalue weighted by Gasteiger charge is -2.02. The van der Waals surface area contributed by atoms with E-state index in [-0.39, 0.29) is 0 Å². The van der Waals surface area contributed by atoms with E-state index in [4.69, 9.17) is 4.74 Å². The highest BCUT2D eigenvalue weighted by Crippen LogP contribution is 2.33. The number of aromatic nitrogens is 1. The molecule has 0 amide bonds. The van der Waals surface area contributed by atoms with Crippen LogP contribution in [0.1, 0.15) is 0 Å². The van der Waals surface area contributed by atoms with Crippen LogP contribution in [0.4, 0.5) is 5.69 Å². The van der Waals surface area contributed by atoms with Crippen molar-refractivity contribution in [1.82, 2.24) is 4.98 Å². The molecule has 0 unspecified atom stereocenters. The Labute approximate surface area is 77.4 Å². The lowest BCUT2D eigenvalue weighted by atomic mass is 10.4. The first kappa shape index (κ1) is 8.90. The highest BCUT2D eigenvalue weighted by Gasteiger charge is 2.05. The molecule has 1 aromatic heterocycles. The number of hydrogen-bond acceptors (Lipinski definition) is 4. The van der Waals surface area contributed by atoms with Crippen molar-refractivity contribution in [3.63, 3.8) is 0 Å². The van der Waals surface area contributed by atoms with E-state index in [9.17, 15) is 4.79 Å². The maximum absolute atomic E-state index is 10.0. The third kappa shape index (κ3) is 1.69. The molecule has 1 rings (SSSR count). The van der Waals surface area contributed by atoms with Gasteiger partial charge in [-0.1, -0.05) is 0 Å². The normalized spacial score (nSPS) is 8.83. The summed E-state index contributed by atoms with van der Waals surface area (Å²) >= 11 is 3.17. The molecule has 12 heavy (non-hydrogen) atoms. The Balaban J connectivity index is 3.28. The summed E-state index contributed by atoms with van der Waals surface area (Å²) in [5.41, 5.74) is 0.405. The van der Waals surface area contributed by atoms with Gasteiger partial charge in [0.25, 0.3) is 0 Å². The Hall–Kier alpha value is -1.19. The smallest absolute Gasteiger partial charge is 0.240 e. The van der Waals surface area contributed by atoms with Gasteiger partial charge < -0.3 is 4.74 Å². The van der Waals surface area contributed by atoms with Crippen molar-refractivity contribution in [2.24, 2.45) is 4.99 Å². The van der Waals surface area contributed by atoms with E-state index in [2.05, 4.69) is 25.9 Å². The fraction of sp³-hybridized carbons (Fsp3) is 0.143. The molecule has 0 aromatic carbocycles. The summed E-state index contributed by atoms with van der Waals surface area (Å²) in [5.74, 6) is 0.438. The van der Waals surface area contributed by atoms with Crippen molar-refractivity contribution in [3.8, 4) is 5.75 Å². The van der Waals surface area contributed by atoms with Gasteiger partial charge in [0.15, 0.2) is 5.75 Å². The average molecular weight is 229 g/mol. The van der Waals surface area contributed by atoms with Gasteiger partial charge in [0.2, 0.25) is 6.08 Å². The summed E-state index contributed by atoms with van der Waals surface area (Å²) in [7, 11) is 1.48. The van der Waals surface area contributed by atoms with Crippen LogP contribution in [0.2, 0.25) is 0 Å². The van der Waals surface area contributed by atoms with E-state index in [1.165, 1.54) is 25.6 Å². The molecule has 1 aromatic rings. The molecule has 0 atom stereocenters. The molecule has 0 saturated carbocycles. The SMILES string of the molecule is COc1cncc(Br)c1N=C=O. The van der Waals surface area contributed by atoms with Gasteiger partial charge in [-0.3, -0.25) is 4.98 Å². The van der Waals surface area contributed by atoms with Crippen LogP contribution in [0, 0.1) is 0 Å². The monoisotopic (exact) mass is 228 g/mol. The second kappa shape index (κ2) is 3.99. The van der Waals surface area contributed by atoms with Crippen molar-refractivity contribution in [2.75, 3.05) is 7.11 Å². The predicted molar refractivity (Wildman–Crippen MR) is 46.3 cm³/mol. The van der Waals surface area contributed by atoms with Gasteiger partial charge in [0, 0.05) is 6.20 Å². The molecular weight excluding hydrogens is 224 g/mol. The van der Waals surface area contributed by atoms with E-state index < -0.39 is 0 Å². The molecule has 0 fully saturated rings. The molecule has 0 N–H and O–H groups in total. The van der Waals surface area contributed by atoms with E-state index in [1.807, 2.05) is 0 Å². The fourth-order valence-corrected chi connectivity index (χ4v) is 1.12. The number of halogens is 1. The first-order valence-electron chi connectivity index (χ1n) is 3.05. The van der Waals surface area contributed by atoms with Crippen LogP contribution in [0.3, 0.4) is 0 Å². The van der Waals surface area contributed by atoms with Gasteiger partial charge >= 0.3 is 0 Å². The molecule has 0 aliphatic carbocycles. The van der Waals surface area contributed by atoms with Gasteiger partial charge in [-0.15, -0.1) is 0 Å². The summed E-state index contributed by atoms with van der Waals surface area (Å²) in [6, 6.07) is 0. The van der Waals surface area contributed by atoms with Crippen molar-refractivity contribution < 1.29 is 9.53 Å². The molecule has 1 heterocycles. The maximum atomic E-state index is 10.0. The molecule has 0 bridgehead atoms. The summed E-state index contributed by atoms with van der Waals surface area (Å²) in [6.07, 6.45) is 4.44. The van der Waals surface area contributed by atoms with Crippen LogP contribution in [-0.4, -0.2) is 18.2 Å².